The summed E-state index contributed by atoms with van der Waals surface area (Å²) in [6, 6.07) is 23.0. The molecule has 1 aromatic heterocycles. The van der Waals surface area contributed by atoms with Gasteiger partial charge in [0.25, 0.3) is 5.56 Å². The van der Waals surface area contributed by atoms with Crippen LogP contribution in [0, 0.1) is 0 Å². The summed E-state index contributed by atoms with van der Waals surface area (Å²) in [5.74, 6) is -0.845. The number of nitrogens with two attached hydrogens (primary N) is 2. The van der Waals surface area contributed by atoms with Crippen LogP contribution in [0.2, 0.25) is 10.0 Å². The van der Waals surface area contributed by atoms with Crippen LogP contribution in [-0.2, 0) is 0 Å². The third-order valence-corrected chi connectivity index (χ3v) is 7.90. The summed E-state index contributed by atoms with van der Waals surface area (Å²) >= 11 is 18.8. The van der Waals surface area contributed by atoms with Crippen LogP contribution in [-0.4, -0.2) is 15.3 Å². The molecule has 9 heteroatoms. The molecule has 0 radical (unpaired) electrons. The summed E-state index contributed by atoms with van der Waals surface area (Å²) in [7, 11) is 0. The zero-order chi connectivity index (χ0) is 26.3. The number of fused-ring (bicyclic) bond motifs is 1. The first-order chi connectivity index (χ1) is 17.8. The number of aromatic nitrogens is 1. The van der Waals surface area contributed by atoms with Crippen LogP contribution < -0.4 is 26.2 Å². The monoisotopic (exact) mass is 563 g/mol. The lowest BCUT2D eigenvalue weighted by molar-refractivity contribution is 0.105. The van der Waals surface area contributed by atoms with Crippen LogP contribution in [0.1, 0.15) is 27.4 Å². The van der Waals surface area contributed by atoms with Gasteiger partial charge in [0.1, 0.15) is 15.5 Å². The Morgan fingerprint density at radius 2 is 1.51 bits per heavy atom. The number of rotatable bonds is 5. The first-order valence-corrected chi connectivity index (χ1v) is 13.1. The second kappa shape index (κ2) is 10.1. The fourth-order valence-electron chi connectivity index (χ4n) is 4.36. The molecule has 0 saturated carbocycles. The highest BCUT2D eigenvalue weighted by Crippen LogP contribution is 2.38. The van der Waals surface area contributed by atoms with Crippen molar-refractivity contribution in [1.29, 1.82) is 0 Å². The van der Waals surface area contributed by atoms with Gasteiger partial charge in [-0.3, -0.25) is 14.2 Å². The molecule has 0 fully saturated rings. The molecule has 184 valence electrons. The number of hydrogen-bond acceptors (Lipinski definition) is 5. The standard InChI is InChI=1S/C28H19Cl2N3O2S2/c29-18-10-6-15(7-11-18)14-20-27(35)33-25(31)23(26(32)36)21(16-8-12-19(30)13-9-16)22(28(33)37-20)24(34)17-4-2-1-3-5-17/h1-14,21H,31H2,(H2,32,36)/b20-14+/t21-/m1/s1. The molecule has 2 heterocycles. The largest absolute Gasteiger partial charge is 0.390 e. The molecule has 1 aliphatic heterocycles. The van der Waals surface area contributed by atoms with Gasteiger partial charge in [0.15, 0.2) is 5.78 Å². The third-order valence-electron chi connectivity index (χ3n) is 6.07. The van der Waals surface area contributed by atoms with Crippen LogP contribution in [0.4, 0.5) is 0 Å². The Morgan fingerprint density at radius 3 is 2.11 bits per heavy atom. The highest BCUT2D eigenvalue weighted by atomic mass is 35.5. The summed E-state index contributed by atoms with van der Waals surface area (Å²) in [5.41, 5.74) is 15.1. The fourth-order valence-corrected chi connectivity index (χ4v) is 6.01. The molecular weight excluding hydrogens is 545 g/mol. The molecular formula is C28H19Cl2N3O2S2. The van der Waals surface area contributed by atoms with Gasteiger partial charge in [0.2, 0.25) is 0 Å². The summed E-state index contributed by atoms with van der Waals surface area (Å²) in [4.78, 5) is 27.7. The Morgan fingerprint density at radius 1 is 0.919 bits per heavy atom. The minimum atomic E-state index is -0.691. The number of thiazole rings is 1. The zero-order valence-electron chi connectivity index (χ0n) is 19.2. The minimum Gasteiger partial charge on any atom is -0.390 e. The van der Waals surface area contributed by atoms with Crippen molar-refractivity contribution in [3.8, 4) is 0 Å². The zero-order valence-corrected chi connectivity index (χ0v) is 22.3. The Bertz CT molecular complexity index is 1760. The number of carbonyl (C=O) groups excluding carboxylic acids is 1. The predicted octanol–water partition coefficient (Wildman–Crippen LogP) is 4.29. The molecule has 5 rings (SSSR count). The van der Waals surface area contributed by atoms with Crippen molar-refractivity contribution in [2.24, 2.45) is 11.5 Å². The summed E-state index contributed by atoms with van der Waals surface area (Å²) in [6.07, 6.45) is 1.74. The van der Waals surface area contributed by atoms with E-state index in [0.717, 1.165) is 11.1 Å². The van der Waals surface area contributed by atoms with Crippen molar-refractivity contribution in [3.05, 3.63) is 131 Å². The van der Waals surface area contributed by atoms with Crippen molar-refractivity contribution in [2.45, 2.75) is 5.92 Å². The highest BCUT2D eigenvalue weighted by molar-refractivity contribution is 7.80. The quantitative estimate of drug-likeness (QED) is 0.279. The van der Waals surface area contributed by atoms with Crippen molar-refractivity contribution in [3.63, 3.8) is 0 Å². The number of Topliss-reactive ketones (excluding diaryl/α,β-unsaturated/α-hetero) is 1. The first kappa shape index (κ1) is 25.2. The average Bonchev–Trinajstić information content (AvgIpc) is 3.21. The van der Waals surface area contributed by atoms with Gasteiger partial charge >= 0.3 is 0 Å². The lowest BCUT2D eigenvalue weighted by Gasteiger charge is -2.28. The molecule has 0 unspecified atom stereocenters. The van der Waals surface area contributed by atoms with Gasteiger partial charge in [-0.2, -0.15) is 0 Å². The molecule has 5 nitrogen and oxygen atoms in total. The van der Waals surface area contributed by atoms with Crippen LogP contribution in [0.3, 0.4) is 0 Å². The topological polar surface area (TPSA) is 91.1 Å². The smallest absolute Gasteiger partial charge is 0.274 e. The second-order valence-electron chi connectivity index (χ2n) is 8.36. The molecule has 0 saturated heterocycles. The Kier molecular flexibility index (Phi) is 6.88. The van der Waals surface area contributed by atoms with Crippen LogP contribution in [0.5, 0.6) is 0 Å². The van der Waals surface area contributed by atoms with E-state index in [0.29, 0.717) is 36.0 Å². The molecule has 0 bridgehead atoms. The van der Waals surface area contributed by atoms with Gasteiger partial charge in [0.05, 0.1) is 4.53 Å². The lowest BCUT2D eigenvalue weighted by Crippen LogP contribution is -2.42. The van der Waals surface area contributed by atoms with Crippen molar-refractivity contribution >= 4 is 75.0 Å². The number of halogens is 2. The third kappa shape index (κ3) is 4.67. The van der Waals surface area contributed by atoms with E-state index in [4.69, 9.17) is 46.9 Å². The number of nitrogens with zero attached hydrogens (tertiary/aromatic N) is 1. The summed E-state index contributed by atoms with van der Waals surface area (Å²) in [6.45, 7) is 0. The second-order valence-corrected chi connectivity index (χ2v) is 10.7. The number of ketones is 1. The van der Waals surface area contributed by atoms with E-state index in [-0.39, 0.29) is 22.2 Å². The maximum Gasteiger partial charge on any atom is 0.274 e. The number of hydrogen-bond donors (Lipinski definition) is 2. The van der Waals surface area contributed by atoms with Gasteiger partial charge in [-0.1, -0.05) is 90.0 Å². The van der Waals surface area contributed by atoms with Gasteiger partial charge in [0, 0.05) is 32.7 Å². The number of thiocarbonyl (C=S) groups is 1. The van der Waals surface area contributed by atoms with E-state index >= 15 is 0 Å². The normalized spacial score (nSPS) is 15.6. The molecule has 4 aromatic rings. The van der Waals surface area contributed by atoms with Crippen molar-refractivity contribution in [2.75, 3.05) is 0 Å². The number of carbonyl (C=O) groups is 1. The highest BCUT2D eigenvalue weighted by Gasteiger charge is 2.36. The Balaban J connectivity index is 1.89. The molecule has 0 aliphatic carbocycles. The van der Waals surface area contributed by atoms with E-state index in [9.17, 15) is 9.59 Å². The van der Waals surface area contributed by atoms with E-state index in [1.165, 1.54) is 15.9 Å². The molecule has 37 heavy (non-hydrogen) atoms. The summed E-state index contributed by atoms with van der Waals surface area (Å²) < 4.78 is 2.16. The Hall–Kier alpha value is -3.49. The molecule has 1 aliphatic rings. The minimum absolute atomic E-state index is 0.00259. The summed E-state index contributed by atoms with van der Waals surface area (Å²) in [5, 5.41) is 1.12. The fraction of sp³-hybridized carbons (Fsp3) is 0.0357. The lowest BCUT2D eigenvalue weighted by atomic mass is 9.80. The van der Waals surface area contributed by atoms with Gasteiger partial charge in [-0.15, -0.1) is 11.3 Å². The molecule has 0 spiro atoms. The van der Waals surface area contributed by atoms with Crippen LogP contribution in [0.15, 0.2) is 89.2 Å². The Labute approximate surface area is 231 Å². The van der Waals surface area contributed by atoms with E-state index in [2.05, 4.69) is 0 Å². The molecule has 3 aromatic carbocycles. The van der Waals surface area contributed by atoms with Gasteiger partial charge < -0.3 is 11.5 Å². The van der Waals surface area contributed by atoms with Gasteiger partial charge in [-0.05, 0) is 41.5 Å². The first-order valence-electron chi connectivity index (χ1n) is 11.1. The van der Waals surface area contributed by atoms with Crippen LogP contribution in [0.25, 0.3) is 17.5 Å². The SMILES string of the molecule is NC(=S)C1=C(N)n2c(s/c(=C/c3ccc(Cl)cc3)c2=O)=C(C(=O)c2ccccc2)[C@H]1c1ccc(Cl)cc1. The maximum atomic E-state index is 14.1. The molecule has 1 atom stereocenters. The van der Waals surface area contributed by atoms with Gasteiger partial charge in [-0.25, -0.2) is 0 Å². The maximum absolute atomic E-state index is 14.1. The van der Waals surface area contributed by atoms with E-state index < -0.39 is 5.92 Å². The number of benzene rings is 3. The molecule has 0 amide bonds. The average molecular weight is 565 g/mol. The van der Waals surface area contributed by atoms with Crippen LogP contribution >= 0.6 is 46.8 Å². The van der Waals surface area contributed by atoms with Crippen molar-refractivity contribution < 1.29 is 4.79 Å². The van der Waals surface area contributed by atoms with Crippen molar-refractivity contribution in [1.82, 2.24) is 4.57 Å². The molecule has 4 N–H and O–H groups in total. The van der Waals surface area contributed by atoms with E-state index in [1.807, 2.05) is 6.07 Å². The van der Waals surface area contributed by atoms with E-state index in [1.54, 1.807) is 78.9 Å². The predicted molar refractivity (Wildman–Crippen MR) is 155 cm³/mol.